The van der Waals surface area contributed by atoms with Gasteiger partial charge < -0.3 is 5.21 Å². The SMILES string of the molecule is O=[N+]([O-])c1cc[n+]([O-])c2c([N+](=O)[O-])cccc12. The van der Waals surface area contributed by atoms with E-state index >= 15 is 0 Å². The molecule has 86 valence electrons. The Morgan fingerprint density at radius 2 is 1.65 bits per heavy atom. The van der Waals surface area contributed by atoms with Crippen LogP contribution >= 0.6 is 0 Å². The molecule has 0 N–H and O–H groups in total. The van der Waals surface area contributed by atoms with Crippen LogP contribution in [0.2, 0.25) is 0 Å². The lowest BCUT2D eigenvalue weighted by Crippen LogP contribution is -2.27. The Bertz CT molecular complexity index is 640. The van der Waals surface area contributed by atoms with Gasteiger partial charge in [-0.15, -0.1) is 0 Å². The molecular weight excluding hydrogens is 230 g/mol. The van der Waals surface area contributed by atoms with E-state index in [1.165, 1.54) is 12.1 Å². The van der Waals surface area contributed by atoms with E-state index in [9.17, 15) is 25.4 Å². The van der Waals surface area contributed by atoms with E-state index in [1.54, 1.807) is 0 Å². The molecule has 0 atom stereocenters. The van der Waals surface area contributed by atoms with Gasteiger partial charge in [-0.1, -0.05) is 6.07 Å². The molecule has 0 aliphatic heterocycles. The average molecular weight is 235 g/mol. The maximum Gasteiger partial charge on any atom is 0.342 e. The van der Waals surface area contributed by atoms with Crippen LogP contribution in [0.15, 0.2) is 30.5 Å². The number of nitrogens with zero attached hydrogens (tertiary/aromatic N) is 3. The van der Waals surface area contributed by atoms with E-state index in [2.05, 4.69) is 0 Å². The van der Waals surface area contributed by atoms with Gasteiger partial charge in [0.2, 0.25) is 0 Å². The van der Waals surface area contributed by atoms with Crippen LogP contribution in [0.3, 0.4) is 0 Å². The number of para-hydroxylation sites is 1. The summed E-state index contributed by atoms with van der Waals surface area (Å²) in [4.78, 5) is 20.0. The number of non-ortho nitro benzene ring substituents is 1. The first kappa shape index (κ1) is 10.7. The van der Waals surface area contributed by atoms with Gasteiger partial charge in [0.05, 0.1) is 15.9 Å². The van der Waals surface area contributed by atoms with Crippen LogP contribution in [0.5, 0.6) is 0 Å². The number of rotatable bonds is 2. The first-order valence-corrected chi connectivity index (χ1v) is 4.46. The van der Waals surface area contributed by atoms with E-state index in [0.717, 1.165) is 18.3 Å². The van der Waals surface area contributed by atoms with Crippen molar-refractivity contribution in [3.63, 3.8) is 0 Å². The minimum Gasteiger partial charge on any atom is -0.618 e. The molecule has 0 amide bonds. The number of nitro groups is 2. The van der Waals surface area contributed by atoms with Gasteiger partial charge in [-0.25, -0.2) is 0 Å². The Labute approximate surface area is 93.6 Å². The summed E-state index contributed by atoms with van der Waals surface area (Å²) in [7, 11) is 0. The molecule has 0 unspecified atom stereocenters. The third kappa shape index (κ3) is 1.61. The molecule has 2 aromatic rings. The molecule has 0 saturated heterocycles. The molecular formula is C9H5N3O5. The van der Waals surface area contributed by atoms with E-state index in [4.69, 9.17) is 0 Å². The van der Waals surface area contributed by atoms with Gasteiger partial charge in [-0.3, -0.25) is 20.2 Å². The van der Waals surface area contributed by atoms with Crippen molar-refractivity contribution in [1.82, 2.24) is 0 Å². The Hall–Kier alpha value is -2.77. The molecule has 0 radical (unpaired) electrons. The second-order valence-electron chi connectivity index (χ2n) is 3.21. The van der Waals surface area contributed by atoms with Crippen LogP contribution in [0, 0.1) is 25.4 Å². The lowest BCUT2D eigenvalue weighted by molar-refractivity contribution is -0.580. The Kier molecular flexibility index (Phi) is 2.32. The predicted molar refractivity (Wildman–Crippen MR) is 56.2 cm³/mol. The smallest absolute Gasteiger partial charge is 0.342 e. The second-order valence-corrected chi connectivity index (χ2v) is 3.21. The third-order valence-electron chi connectivity index (χ3n) is 2.27. The lowest BCUT2D eigenvalue weighted by Gasteiger charge is -2.02. The highest BCUT2D eigenvalue weighted by Gasteiger charge is 2.25. The normalized spacial score (nSPS) is 10.4. The van der Waals surface area contributed by atoms with Gasteiger partial charge in [0, 0.05) is 6.07 Å². The van der Waals surface area contributed by atoms with Gasteiger partial charge in [0.25, 0.3) is 5.69 Å². The molecule has 0 saturated carbocycles. The van der Waals surface area contributed by atoms with Crippen LogP contribution in [0.1, 0.15) is 0 Å². The largest absolute Gasteiger partial charge is 0.618 e. The highest BCUT2D eigenvalue weighted by molar-refractivity contribution is 5.91. The summed E-state index contributed by atoms with van der Waals surface area (Å²) < 4.78 is 0.250. The van der Waals surface area contributed by atoms with Crippen molar-refractivity contribution >= 4 is 22.3 Å². The summed E-state index contributed by atoms with van der Waals surface area (Å²) in [5.74, 6) is 0. The van der Waals surface area contributed by atoms with Gasteiger partial charge >= 0.3 is 11.2 Å². The topological polar surface area (TPSA) is 113 Å². The Morgan fingerprint density at radius 1 is 1.00 bits per heavy atom. The van der Waals surface area contributed by atoms with E-state index in [0.29, 0.717) is 0 Å². The highest BCUT2D eigenvalue weighted by atomic mass is 16.6. The molecule has 8 heteroatoms. The zero-order valence-corrected chi connectivity index (χ0v) is 8.27. The molecule has 0 aliphatic carbocycles. The van der Waals surface area contributed by atoms with Crippen LogP contribution in [-0.4, -0.2) is 9.85 Å². The number of nitro benzene ring substituents is 1. The zero-order chi connectivity index (χ0) is 12.6. The molecule has 0 spiro atoms. The van der Waals surface area contributed by atoms with Crippen LogP contribution in [0.25, 0.3) is 10.9 Å². The van der Waals surface area contributed by atoms with Crippen molar-refractivity contribution in [2.24, 2.45) is 0 Å². The van der Waals surface area contributed by atoms with Crippen LogP contribution < -0.4 is 4.73 Å². The Morgan fingerprint density at radius 3 is 2.24 bits per heavy atom. The molecule has 17 heavy (non-hydrogen) atoms. The van der Waals surface area contributed by atoms with Gasteiger partial charge in [0.1, 0.15) is 5.39 Å². The van der Waals surface area contributed by atoms with Crippen LogP contribution in [-0.2, 0) is 0 Å². The highest BCUT2D eigenvalue weighted by Crippen LogP contribution is 2.28. The number of aromatic nitrogens is 1. The van der Waals surface area contributed by atoms with Gasteiger partial charge in [0.15, 0.2) is 6.20 Å². The number of hydrogen-bond donors (Lipinski definition) is 0. The zero-order valence-electron chi connectivity index (χ0n) is 8.27. The molecule has 0 aliphatic rings. The summed E-state index contributed by atoms with van der Waals surface area (Å²) in [6.45, 7) is 0. The van der Waals surface area contributed by atoms with Gasteiger partial charge in [-0.2, -0.15) is 4.73 Å². The number of pyridine rings is 1. The maximum absolute atomic E-state index is 11.5. The molecule has 1 aromatic heterocycles. The summed E-state index contributed by atoms with van der Waals surface area (Å²) >= 11 is 0. The summed E-state index contributed by atoms with van der Waals surface area (Å²) in [5.41, 5.74) is -1.11. The molecule has 1 aromatic carbocycles. The molecule has 1 heterocycles. The minimum absolute atomic E-state index is 0.0540. The molecule has 2 rings (SSSR count). The maximum atomic E-state index is 11.5. The predicted octanol–water partition coefficient (Wildman–Crippen LogP) is 1.29. The molecule has 8 nitrogen and oxygen atoms in total. The van der Waals surface area contributed by atoms with E-state index in [-0.39, 0.29) is 21.3 Å². The van der Waals surface area contributed by atoms with Crippen molar-refractivity contribution in [3.05, 3.63) is 55.9 Å². The van der Waals surface area contributed by atoms with Crippen molar-refractivity contribution in [1.29, 1.82) is 0 Å². The minimum atomic E-state index is -0.750. The van der Waals surface area contributed by atoms with E-state index < -0.39 is 15.5 Å². The monoisotopic (exact) mass is 235 g/mol. The summed E-state index contributed by atoms with van der Waals surface area (Å²) in [6, 6.07) is 4.74. The quantitative estimate of drug-likeness (QED) is 0.336. The van der Waals surface area contributed by atoms with Crippen molar-refractivity contribution in [3.8, 4) is 0 Å². The third-order valence-corrected chi connectivity index (χ3v) is 2.27. The molecule has 0 bridgehead atoms. The number of hydrogen-bond acceptors (Lipinski definition) is 5. The summed E-state index contributed by atoms with van der Waals surface area (Å²) in [6.07, 6.45) is 0.882. The fraction of sp³-hybridized carbons (Fsp3) is 0. The first-order chi connectivity index (χ1) is 8.02. The fourth-order valence-electron chi connectivity index (χ4n) is 1.58. The van der Waals surface area contributed by atoms with Crippen molar-refractivity contribution in [2.45, 2.75) is 0 Å². The van der Waals surface area contributed by atoms with Gasteiger partial charge in [-0.05, 0) is 6.07 Å². The van der Waals surface area contributed by atoms with Crippen molar-refractivity contribution < 1.29 is 14.6 Å². The fourth-order valence-corrected chi connectivity index (χ4v) is 1.58. The van der Waals surface area contributed by atoms with E-state index in [1.807, 2.05) is 0 Å². The number of fused-ring (bicyclic) bond motifs is 1. The summed E-state index contributed by atoms with van der Waals surface area (Å²) in [5, 5.41) is 32.9. The lowest BCUT2D eigenvalue weighted by atomic mass is 10.1. The van der Waals surface area contributed by atoms with Crippen molar-refractivity contribution in [2.75, 3.05) is 0 Å². The van der Waals surface area contributed by atoms with Crippen LogP contribution in [0.4, 0.5) is 11.4 Å². The standard InChI is InChI=1S/C9H5N3O5/c13-10-5-4-7(11(14)15)6-2-1-3-8(9(6)10)12(16)17/h1-5H. The Balaban J connectivity index is 2.95. The number of benzene rings is 1. The molecule has 0 fully saturated rings. The first-order valence-electron chi connectivity index (χ1n) is 4.46. The second kappa shape index (κ2) is 3.67. The average Bonchev–Trinajstić information content (AvgIpc) is 2.28.